The number of aliphatic hydroxyl groups is 1. The fraction of sp³-hybridized carbons (Fsp3) is 0.333. The van der Waals surface area contributed by atoms with Gasteiger partial charge < -0.3 is 10.0 Å². The van der Waals surface area contributed by atoms with E-state index in [1.165, 1.54) is 5.56 Å². The molecule has 1 N–H and O–H groups in total. The standard InChI is InChI=1S/C21H25N3O/c1-4-24(13-11-16(3)25)21-18-6-5-12-22-20(18)14-19(23-21)17-9-7-15(2)8-10-17/h5-10,12,14,16,25H,4,11,13H2,1-3H3. The fourth-order valence-corrected chi connectivity index (χ4v) is 2.93. The molecule has 0 spiro atoms. The Morgan fingerprint density at radius 1 is 1.16 bits per heavy atom. The van der Waals surface area contributed by atoms with E-state index < -0.39 is 0 Å². The van der Waals surface area contributed by atoms with Crippen LogP contribution >= 0.6 is 0 Å². The highest BCUT2D eigenvalue weighted by Crippen LogP contribution is 2.29. The van der Waals surface area contributed by atoms with Crippen LogP contribution in [0.15, 0.2) is 48.7 Å². The first-order chi connectivity index (χ1) is 12.1. The van der Waals surface area contributed by atoms with E-state index in [2.05, 4.69) is 54.1 Å². The molecule has 25 heavy (non-hydrogen) atoms. The van der Waals surface area contributed by atoms with Gasteiger partial charge in [0, 0.05) is 30.2 Å². The largest absolute Gasteiger partial charge is 0.393 e. The summed E-state index contributed by atoms with van der Waals surface area (Å²) in [6, 6.07) is 14.5. The number of aliphatic hydroxyl groups excluding tert-OH is 1. The molecule has 1 atom stereocenters. The second-order valence-corrected chi connectivity index (χ2v) is 6.48. The van der Waals surface area contributed by atoms with Gasteiger partial charge in [-0.25, -0.2) is 4.98 Å². The van der Waals surface area contributed by atoms with E-state index in [0.717, 1.165) is 41.1 Å². The van der Waals surface area contributed by atoms with E-state index in [-0.39, 0.29) is 6.10 Å². The maximum absolute atomic E-state index is 9.66. The second kappa shape index (κ2) is 7.62. The normalized spacial score (nSPS) is 12.3. The maximum atomic E-state index is 9.66. The predicted octanol–water partition coefficient (Wildman–Crippen LogP) is 4.20. The molecule has 0 aliphatic heterocycles. The van der Waals surface area contributed by atoms with E-state index in [1.54, 1.807) is 0 Å². The van der Waals surface area contributed by atoms with Crippen molar-refractivity contribution in [3.8, 4) is 11.3 Å². The molecule has 4 nitrogen and oxygen atoms in total. The van der Waals surface area contributed by atoms with Crippen LogP contribution in [0.4, 0.5) is 5.82 Å². The Kier molecular flexibility index (Phi) is 5.29. The topological polar surface area (TPSA) is 49.2 Å². The van der Waals surface area contributed by atoms with Gasteiger partial charge in [-0.15, -0.1) is 0 Å². The third-order valence-electron chi connectivity index (χ3n) is 4.42. The molecule has 2 heterocycles. The van der Waals surface area contributed by atoms with Gasteiger partial charge in [-0.2, -0.15) is 0 Å². The van der Waals surface area contributed by atoms with Crippen molar-refractivity contribution >= 4 is 16.7 Å². The summed E-state index contributed by atoms with van der Waals surface area (Å²) in [6.07, 6.45) is 2.21. The van der Waals surface area contributed by atoms with Crippen LogP contribution in [0.25, 0.3) is 22.2 Å². The van der Waals surface area contributed by atoms with Crippen LogP contribution in [0.5, 0.6) is 0 Å². The molecular weight excluding hydrogens is 310 g/mol. The van der Waals surface area contributed by atoms with Gasteiger partial charge in [0.1, 0.15) is 5.82 Å². The lowest BCUT2D eigenvalue weighted by molar-refractivity contribution is 0.186. The molecule has 2 aromatic heterocycles. The average Bonchev–Trinajstić information content (AvgIpc) is 2.62. The van der Waals surface area contributed by atoms with Gasteiger partial charge in [-0.1, -0.05) is 29.8 Å². The number of nitrogens with zero attached hydrogens (tertiary/aromatic N) is 3. The number of benzene rings is 1. The molecular formula is C21H25N3O. The molecule has 0 saturated carbocycles. The van der Waals surface area contributed by atoms with Crippen molar-refractivity contribution in [3.63, 3.8) is 0 Å². The number of aryl methyl sites for hydroxylation is 1. The highest BCUT2D eigenvalue weighted by Gasteiger charge is 2.14. The molecule has 3 aromatic rings. The summed E-state index contributed by atoms with van der Waals surface area (Å²) in [4.78, 5) is 11.7. The molecule has 4 heteroatoms. The van der Waals surface area contributed by atoms with E-state index in [0.29, 0.717) is 6.42 Å². The van der Waals surface area contributed by atoms with Crippen molar-refractivity contribution in [3.05, 3.63) is 54.2 Å². The zero-order chi connectivity index (χ0) is 17.8. The minimum atomic E-state index is -0.321. The highest BCUT2D eigenvalue weighted by molar-refractivity contribution is 5.92. The van der Waals surface area contributed by atoms with Crippen LogP contribution in [0, 0.1) is 6.92 Å². The minimum absolute atomic E-state index is 0.321. The number of hydrogen-bond acceptors (Lipinski definition) is 4. The van der Waals surface area contributed by atoms with Gasteiger partial charge in [0.05, 0.1) is 17.3 Å². The Morgan fingerprint density at radius 3 is 2.60 bits per heavy atom. The number of rotatable bonds is 6. The monoisotopic (exact) mass is 335 g/mol. The summed E-state index contributed by atoms with van der Waals surface area (Å²) in [7, 11) is 0. The van der Waals surface area contributed by atoms with Crippen molar-refractivity contribution in [2.24, 2.45) is 0 Å². The fourth-order valence-electron chi connectivity index (χ4n) is 2.93. The first-order valence-electron chi connectivity index (χ1n) is 8.84. The summed E-state index contributed by atoms with van der Waals surface area (Å²) in [5, 5.41) is 10.7. The lowest BCUT2D eigenvalue weighted by atomic mass is 10.1. The number of anilines is 1. The molecule has 0 saturated heterocycles. The second-order valence-electron chi connectivity index (χ2n) is 6.48. The van der Waals surface area contributed by atoms with Crippen LogP contribution < -0.4 is 4.90 Å². The molecule has 0 fully saturated rings. The summed E-state index contributed by atoms with van der Waals surface area (Å²) in [5.41, 5.74) is 4.19. The van der Waals surface area contributed by atoms with Crippen molar-refractivity contribution in [1.29, 1.82) is 0 Å². The van der Waals surface area contributed by atoms with Crippen LogP contribution in [-0.4, -0.2) is 34.3 Å². The van der Waals surface area contributed by atoms with E-state index in [1.807, 2.05) is 25.3 Å². The van der Waals surface area contributed by atoms with Crippen molar-refractivity contribution < 1.29 is 5.11 Å². The van der Waals surface area contributed by atoms with Crippen LogP contribution in [-0.2, 0) is 0 Å². The maximum Gasteiger partial charge on any atom is 0.138 e. The zero-order valence-corrected chi connectivity index (χ0v) is 15.1. The Balaban J connectivity index is 2.10. The summed E-state index contributed by atoms with van der Waals surface area (Å²) >= 11 is 0. The SMILES string of the molecule is CCN(CCC(C)O)c1nc(-c2ccc(C)cc2)cc2ncccc12. The first kappa shape index (κ1) is 17.4. The zero-order valence-electron chi connectivity index (χ0n) is 15.1. The van der Waals surface area contributed by atoms with Gasteiger partial charge >= 0.3 is 0 Å². The summed E-state index contributed by atoms with van der Waals surface area (Å²) in [6.45, 7) is 7.62. The predicted molar refractivity (Wildman–Crippen MR) is 104 cm³/mol. The van der Waals surface area contributed by atoms with E-state index >= 15 is 0 Å². The lowest BCUT2D eigenvalue weighted by Crippen LogP contribution is -2.27. The molecule has 0 amide bonds. The van der Waals surface area contributed by atoms with Gasteiger partial charge in [0.2, 0.25) is 0 Å². The van der Waals surface area contributed by atoms with Crippen molar-refractivity contribution in [2.45, 2.75) is 33.3 Å². The molecule has 0 aliphatic carbocycles. The minimum Gasteiger partial charge on any atom is -0.393 e. The third kappa shape index (κ3) is 3.97. The number of aromatic nitrogens is 2. The van der Waals surface area contributed by atoms with Crippen LogP contribution in [0.2, 0.25) is 0 Å². The Bertz CT molecular complexity index is 843. The molecule has 0 aliphatic rings. The number of hydrogen-bond donors (Lipinski definition) is 1. The van der Waals surface area contributed by atoms with Crippen LogP contribution in [0.1, 0.15) is 25.8 Å². The van der Waals surface area contributed by atoms with Crippen molar-refractivity contribution in [2.75, 3.05) is 18.0 Å². The van der Waals surface area contributed by atoms with Gasteiger partial charge in [0.15, 0.2) is 0 Å². The Labute approximate surface area is 149 Å². The summed E-state index contributed by atoms with van der Waals surface area (Å²) < 4.78 is 0. The molecule has 1 aromatic carbocycles. The quantitative estimate of drug-likeness (QED) is 0.733. The van der Waals surface area contributed by atoms with Gasteiger partial charge in [-0.3, -0.25) is 4.98 Å². The van der Waals surface area contributed by atoms with E-state index in [4.69, 9.17) is 4.98 Å². The van der Waals surface area contributed by atoms with Crippen molar-refractivity contribution in [1.82, 2.24) is 9.97 Å². The van der Waals surface area contributed by atoms with Gasteiger partial charge in [-0.05, 0) is 45.4 Å². The molecule has 0 radical (unpaired) electrons. The molecule has 1 unspecified atom stereocenters. The van der Waals surface area contributed by atoms with E-state index in [9.17, 15) is 5.11 Å². The highest BCUT2D eigenvalue weighted by atomic mass is 16.3. The number of fused-ring (bicyclic) bond motifs is 1. The third-order valence-corrected chi connectivity index (χ3v) is 4.42. The average molecular weight is 335 g/mol. The lowest BCUT2D eigenvalue weighted by Gasteiger charge is -2.24. The first-order valence-corrected chi connectivity index (χ1v) is 8.84. The van der Waals surface area contributed by atoms with Crippen LogP contribution in [0.3, 0.4) is 0 Å². The smallest absolute Gasteiger partial charge is 0.138 e. The molecule has 130 valence electrons. The summed E-state index contributed by atoms with van der Waals surface area (Å²) in [5.74, 6) is 0.935. The Hall–Kier alpha value is -2.46. The van der Waals surface area contributed by atoms with Gasteiger partial charge in [0.25, 0.3) is 0 Å². The molecule has 3 rings (SSSR count). The Morgan fingerprint density at radius 2 is 1.92 bits per heavy atom. The molecule has 0 bridgehead atoms. The number of pyridine rings is 2.